The summed E-state index contributed by atoms with van der Waals surface area (Å²) in [6, 6.07) is 0.702. The van der Waals surface area contributed by atoms with Crippen LogP contribution < -0.4 is 0 Å². The second-order valence-electron chi connectivity index (χ2n) is 7.88. The van der Waals surface area contributed by atoms with Gasteiger partial charge in [-0.2, -0.15) is 0 Å². The molecule has 0 aromatic carbocycles. The number of hydrogen-bond acceptors (Lipinski definition) is 3. The molecule has 2 fully saturated rings. The quantitative estimate of drug-likeness (QED) is 0.771. The first-order chi connectivity index (χ1) is 11.2. The first-order valence-corrected chi connectivity index (χ1v) is 9.63. The summed E-state index contributed by atoms with van der Waals surface area (Å²) in [4.78, 5) is 10.1. The number of aromatic nitrogens is 2. The van der Waals surface area contributed by atoms with Crippen LogP contribution >= 0.6 is 0 Å². The van der Waals surface area contributed by atoms with Gasteiger partial charge in [0.05, 0.1) is 6.54 Å². The number of imidazole rings is 1. The summed E-state index contributed by atoms with van der Waals surface area (Å²) in [7, 11) is 0. The second-order valence-corrected chi connectivity index (χ2v) is 7.88. The smallest absolute Gasteiger partial charge is 0.122 e. The Morgan fingerprint density at radius 1 is 1.26 bits per heavy atom. The van der Waals surface area contributed by atoms with E-state index in [1.807, 2.05) is 6.20 Å². The Bertz CT molecular complexity index is 477. The number of hydrogen-bond donors (Lipinski definition) is 0. The van der Waals surface area contributed by atoms with Crippen LogP contribution in [0.3, 0.4) is 0 Å². The standard InChI is InChI=1S/C19H34N4/c1-4-9-22-12-8-20-19(22)15-21-10-5-11-23(13-17-6-7-17)18(14-21)16(2)3/h8,12,16-18H,4-7,9-11,13-15H2,1-3H3. The van der Waals surface area contributed by atoms with Gasteiger partial charge in [0.2, 0.25) is 0 Å². The van der Waals surface area contributed by atoms with Gasteiger partial charge < -0.3 is 4.57 Å². The maximum Gasteiger partial charge on any atom is 0.122 e. The van der Waals surface area contributed by atoms with Crippen LogP contribution in [0.15, 0.2) is 12.4 Å². The van der Waals surface area contributed by atoms with Gasteiger partial charge in [-0.3, -0.25) is 9.80 Å². The first kappa shape index (κ1) is 17.0. The highest BCUT2D eigenvalue weighted by molar-refractivity contribution is 4.94. The third kappa shape index (κ3) is 4.57. The first-order valence-electron chi connectivity index (χ1n) is 9.63. The largest absolute Gasteiger partial charge is 0.334 e. The van der Waals surface area contributed by atoms with Gasteiger partial charge in [0, 0.05) is 38.1 Å². The van der Waals surface area contributed by atoms with Crippen molar-refractivity contribution in [1.29, 1.82) is 0 Å². The van der Waals surface area contributed by atoms with Crippen LogP contribution in [-0.4, -0.2) is 51.6 Å². The Kier molecular flexibility index (Phi) is 5.76. The third-order valence-corrected chi connectivity index (χ3v) is 5.42. The number of nitrogens with zero attached hydrogens (tertiary/aromatic N) is 4. The van der Waals surface area contributed by atoms with Gasteiger partial charge in [-0.15, -0.1) is 0 Å². The summed E-state index contributed by atoms with van der Waals surface area (Å²) in [5.74, 6) is 2.96. The predicted octanol–water partition coefficient (Wildman–Crippen LogP) is 3.24. The van der Waals surface area contributed by atoms with Crippen LogP contribution in [-0.2, 0) is 13.1 Å². The Balaban J connectivity index is 1.64. The maximum absolute atomic E-state index is 4.61. The number of rotatable bonds is 7. The molecule has 0 amide bonds. The van der Waals surface area contributed by atoms with E-state index in [1.54, 1.807) is 0 Å². The lowest BCUT2D eigenvalue weighted by molar-refractivity contribution is 0.130. The number of aryl methyl sites for hydroxylation is 1. The molecule has 1 unspecified atom stereocenters. The van der Waals surface area contributed by atoms with Gasteiger partial charge >= 0.3 is 0 Å². The lowest BCUT2D eigenvalue weighted by Gasteiger charge is -2.34. The topological polar surface area (TPSA) is 24.3 Å². The van der Waals surface area contributed by atoms with E-state index in [0.717, 1.165) is 24.9 Å². The molecular formula is C19H34N4. The van der Waals surface area contributed by atoms with Crippen LogP contribution in [0, 0.1) is 11.8 Å². The monoisotopic (exact) mass is 318 g/mol. The van der Waals surface area contributed by atoms with Gasteiger partial charge in [-0.05, 0) is 50.6 Å². The minimum atomic E-state index is 0.702. The van der Waals surface area contributed by atoms with Crippen LogP contribution in [0.2, 0.25) is 0 Å². The predicted molar refractivity (Wildman–Crippen MR) is 95.3 cm³/mol. The summed E-state index contributed by atoms with van der Waals surface area (Å²) >= 11 is 0. The van der Waals surface area contributed by atoms with Gasteiger partial charge in [-0.1, -0.05) is 20.8 Å². The molecule has 1 aromatic rings. The zero-order chi connectivity index (χ0) is 16.2. The molecule has 2 heterocycles. The second kappa shape index (κ2) is 7.80. The molecular weight excluding hydrogens is 284 g/mol. The maximum atomic E-state index is 4.61. The van der Waals surface area contributed by atoms with E-state index >= 15 is 0 Å². The molecule has 1 atom stereocenters. The molecule has 4 nitrogen and oxygen atoms in total. The Hall–Kier alpha value is -0.870. The molecule has 2 aliphatic rings. The third-order valence-electron chi connectivity index (χ3n) is 5.42. The highest BCUT2D eigenvalue weighted by atomic mass is 15.3. The molecule has 1 saturated carbocycles. The van der Waals surface area contributed by atoms with E-state index in [-0.39, 0.29) is 0 Å². The van der Waals surface area contributed by atoms with Crippen molar-refractivity contribution in [1.82, 2.24) is 19.4 Å². The minimum absolute atomic E-state index is 0.702. The molecule has 1 aromatic heterocycles. The molecule has 1 saturated heterocycles. The molecule has 1 aliphatic heterocycles. The molecule has 4 heteroatoms. The SMILES string of the molecule is CCCn1ccnc1CN1CCCN(CC2CC2)C(C(C)C)C1. The fourth-order valence-corrected chi connectivity index (χ4v) is 3.91. The summed E-state index contributed by atoms with van der Waals surface area (Å²) in [5.41, 5.74) is 0. The molecule has 3 rings (SSSR count). The van der Waals surface area contributed by atoms with Crippen molar-refractivity contribution in [2.45, 2.75) is 65.6 Å². The van der Waals surface area contributed by atoms with Crippen molar-refractivity contribution in [3.05, 3.63) is 18.2 Å². The van der Waals surface area contributed by atoms with Gasteiger partial charge in [-0.25, -0.2) is 4.98 Å². The van der Waals surface area contributed by atoms with Crippen LogP contribution in [0.5, 0.6) is 0 Å². The van der Waals surface area contributed by atoms with E-state index in [0.29, 0.717) is 6.04 Å². The van der Waals surface area contributed by atoms with Gasteiger partial charge in [0.25, 0.3) is 0 Å². The van der Waals surface area contributed by atoms with E-state index in [1.165, 1.54) is 57.7 Å². The average Bonchev–Trinajstić information content (AvgIpc) is 3.26. The summed E-state index contributed by atoms with van der Waals surface area (Å²) < 4.78 is 2.33. The lowest BCUT2D eigenvalue weighted by atomic mass is 10.0. The van der Waals surface area contributed by atoms with Crippen LogP contribution in [0.1, 0.15) is 52.3 Å². The van der Waals surface area contributed by atoms with Crippen LogP contribution in [0.4, 0.5) is 0 Å². The van der Waals surface area contributed by atoms with E-state index in [2.05, 4.69) is 46.3 Å². The average molecular weight is 319 g/mol. The van der Waals surface area contributed by atoms with Crippen molar-refractivity contribution in [3.8, 4) is 0 Å². The van der Waals surface area contributed by atoms with Crippen molar-refractivity contribution < 1.29 is 0 Å². The van der Waals surface area contributed by atoms with E-state index in [9.17, 15) is 0 Å². The fraction of sp³-hybridized carbons (Fsp3) is 0.842. The molecule has 130 valence electrons. The Morgan fingerprint density at radius 2 is 2.09 bits per heavy atom. The zero-order valence-electron chi connectivity index (χ0n) is 15.2. The van der Waals surface area contributed by atoms with Crippen molar-refractivity contribution in [2.75, 3.05) is 26.2 Å². The summed E-state index contributed by atoms with van der Waals surface area (Å²) in [6.07, 6.45) is 9.48. The molecule has 0 bridgehead atoms. The van der Waals surface area contributed by atoms with Gasteiger partial charge in [0.1, 0.15) is 5.82 Å². The van der Waals surface area contributed by atoms with Crippen molar-refractivity contribution >= 4 is 0 Å². The van der Waals surface area contributed by atoms with Crippen molar-refractivity contribution in [2.24, 2.45) is 11.8 Å². The summed E-state index contributed by atoms with van der Waals surface area (Å²) in [6.45, 7) is 14.1. The molecule has 0 N–H and O–H groups in total. The highest BCUT2D eigenvalue weighted by Gasteiger charge is 2.32. The lowest BCUT2D eigenvalue weighted by Crippen LogP contribution is -2.45. The minimum Gasteiger partial charge on any atom is -0.334 e. The van der Waals surface area contributed by atoms with Gasteiger partial charge in [0.15, 0.2) is 0 Å². The Labute approximate surface area is 141 Å². The molecule has 0 spiro atoms. The fourth-order valence-electron chi connectivity index (χ4n) is 3.91. The van der Waals surface area contributed by atoms with Crippen molar-refractivity contribution in [3.63, 3.8) is 0 Å². The normalized spacial score (nSPS) is 24.3. The highest BCUT2D eigenvalue weighted by Crippen LogP contribution is 2.32. The zero-order valence-corrected chi connectivity index (χ0v) is 15.2. The Morgan fingerprint density at radius 3 is 2.78 bits per heavy atom. The summed E-state index contributed by atoms with van der Waals surface area (Å²) in [5, 5.41) is 0. The molecule has 1 aliphatic carbocycles. The van der Waals surface area contributed by atoms with Crippen LogP contribution in [0.25, 0.3) is 0 Å². The van der Waals surface area contributed by atoms with E-state index < -0.39 is 0 Å². The molecule has 23 heavy (non-hydrogen) atoms. The van der Waals surface area contributed by atoms with E-state index in [4.69, 9.17) is 0 Å². The molecule has 0 radical (unpaired) electrons.